The van der Waals surface area contributed by atoms with Gasteiger partial charge in [-0.1, -0.05) is 0 Å². The Bertz CT molecular complexity index is 151. The number of carboxylic acid groups (broad SMARTS) is 1. The molecule has 0 radical (unpaired) electrons. The second-order valence-electron chi connectivity index (χ2n) is 1.20. The summed E-state index contributed by atoms with van der Waals surface area (Å²) < 4.78 is 32.8. The van der Waals surface area contributed by atoms with Gasteiger partial charge in [0.2, 0.25) is 0 Å². The molecule has 0 heterocycles. The smallest absolute Gasteiger partial charge is 0.370 e. The van der Waals surface area contributed by atoms with Gasteiger partial charge in [0.1, 0.15) is 0 Å². The quantitative estimate of drug-likeness (QED) is 0.583. The van der Waals surface area contributed by atoms with Crippen molar-refractivity contribution < 1.29 is 28.2 Å². The van der Waals surface area contributed by atoms with Gasteiger partial charge in [0, 0.05) is 6.61 Å². The first-order valence-electron chi connectivity index (χ1n) is 2.52. The lowest BCUT2D eigenvalue weighted by molar-refractivity contribution is -0.134. The summed E-state index contributed by atoms with van der Waals surface area (Å²) in [6.07, 6.45) is -2.81. The zero-order valence-electron chi connectivity index (χ0n) is 5.64. The van der Waals surface area contributed by atoms with E-state index >= 15 is 0 Å². The summed E-state index contributed by atoms with van der Waals surface area (Å²) in [5.41, 5.74) is 0. The molecule has 66 valence electrons. The number of rotatable bonds is 1. The first-order valence-corrected chi connectivity index (χ1v) is 2.52. The molecule has 3 nitrogen and oxygen atoms in total. The standard InChI is InChI=1S/C3HF3O2.C2H6O/c4-1(2(5)6)3(7)8;1-2-3/h(H,7,8);3H,2H2,1H3. The van der Waals surface area contributed by atoms with Crippen LogP contribution in [0.3, 0.4) is 0 Å². The Labute approximate surface area is 60.8 Å². The predicted molar refractivity (Wildman–Crippen MR) is 30.7 cm³/mol. The van der Waals surface area contributed by atoms with Crippen molar-refractivity contribution in [3.63, 3.8) is 0 Å². The van der Waals surface area contributed by atoms with Crippen molar-refractivity contribution in [2.24, 2.45) is 0 Å². The zero-order chi connectivity index (χ0) is 9.44. The van der Waals surface area contributed by atoms with Crippen molar-refractivity contribution in [3.05, 3.63) is 11.9 Å². The van der Waals surface area contributed by atoms with E-state index < -0.39 is 17.9 Å². The molecule has 6 heteroatoms. The Hall–Kier alpha value is -1.04. The highest BCUT2D eigenvalue weighted by molar-refractivity contribution is 5.84. The molecular weight excluding hydrogens is 165 g/mol. The third kappa shape index (κ3) is 8.96. The minimum atomic E-state index is -2.81. The molecule has 0 bridgehead atoms. The molecule has 0 spiro atoms. The maximum atomic E-state index is 11.2. The molecule has 0 saturated heterocycles. The molecule has 11 heavy (non-hydrogen) atoms. The van der Waals surface area contributed by atoms with Crippen LogP contribution in [0.5, 0.6) is 0 Å². The van der Waals surface area contributed by atoms with Crippen LogP contribution in [0.25, 0.3) is 0 Å². The SMILES string of the molecule is CCO.O=C(O)C(F)=C(F)F. The Balaban J connectivity index is 0. The van der Waals surface area contributed by atoms with Gasteiger partial charge < -0.3 is 10.2 Å². The summed E-state index contributed by atoms with van der Waals surface area (Å²) in [6, 6.07) is 0. The van der Waals surface area contributed by atoms with Gasteiger partial charge in [0.15, 0.2) is 0 Å². The van der Waals surface area contributed by atoms with E-state index in [0.717, 1.165) is 0 Å². The summed E-state index contributed by atoms with van der Waals surface area (Å²) in [5.74, 6) is -4.64. The topological polar surface area (TPSA) is 57.5 Å². The lowest BCUT2D eigenvalue weighted by Gasteiger charge is -1.81. The lowest BCUT2D eigenvalue weighted by atomic mass is 10.6. The number of aliphatic carboxylic acids is 1. The first-order chi connectivity index (χ1) is 4.97. The Kier molecular flexibility index (Phi) is 8.11. The Morgan fingerprint density at radius 1 is 1.36 bits per heavy atom. The number of aliphatic hydroxyl groups excluding tert-OH is 1. The maximum absolute atomic E-state index is 11.2. The summed E-state index contributed by atoms with van der Waals surface area (Å²) in [6.45, 7) is 1.93. The average Bonchev–Trinajstić information content (AvgIpc) is 1.87. The molecule has 0 aromatic heterocycles. The average molecular weight is 172 g/mol. The number of carboxylic acids is 1. The highest BCUT2D eigenvalue weighted by Gasteiger charge is 2.12. The number of hydrogen-bond donors (Lipinski definition) is 2. The van der Waals surface area contributed by atoms with Gasteiger partial charge >= 0.3 is 12.0 Å². The number of halogens is 3. The minimum Gasteiger partial charge on any atom is -0.476 e. The van der Waals surface area contributed by atoms with Gasteiger partial charge in [-0.15, -0.1) is 0 Å². The van der Waals surface area contributed by atoms with E-state index in [1.807, 2.05) is 0 Å². The van der Waals surface area contributed by atoms with Crippen LogP contribution in [-0.2, 0) is 4.79 Å². The number of hydrogen-bond acceptors (Lipinski definition) is 2. The molecule has 0 amide bonds. The van der Waals surface area contributed by atoms with Crippen LogP contribution in [0.15, 0.2) is 11.9 Å². The molecular formula is C5H7F3O3. The molecule has 0 fully saturated rings. The van der Waals surface area contributed by atoms with Crippen molar-refractivity contribution >= 4 is 5.97 Å². The van der Waals surface area contributed by atoms with E-state index in [1.165, 1.54) is 0 Å². The predicted octanol–water partition coefficient (Wildman–Crippen LogP) is 1.15. The molecule has 0 unspecified atom stereocenters. The van der Waals surface area contributed by atoms with Gasteiger partial charge in [-0.2, -0.15) is 13.2 Å². The molecule has 0 rings (SSSR count). The van der Waals surface area contributed by atoms with Crippen molar-refractivity contribution in [1.29, 1.82) is 0 Å². The van der Waals surface area contributed by atoms with Crippen LogP contribution in [0.2, 0.25) is 0 Å². The largest absolute Gasteiger partial charge is 0.476 e. The van der Waals surface area contributed by atoms with Crippen LogP contribution in [0.4, 0.5) is 13.2 Å². The van der Waals surface area contributed by atoms with Gasteiger partial charge in [-0.05, 0) is 6.92 Å². The van der Waals surface area contributed by atoms with Gasteiger partial charge in [-0.25, -0.2) is 4.79 Å². The van der Waals surface area contributed by atoms with Crippen LogP contribution in [0.1, 0.15) is 6.92 Å². The van der Waals surface area contributed by atoms with E-state index in [2.05, 4.69) is 0 Å². The summed E-state index contributed by atoms with van der Waals surface area (Å²) in [4.78, 5) is 9.23. The Morgan fingerprint density at radius 3 is 1.64 bits per heavy atom. The third-order valence-corrected chi connectivity index (χ3v) is 0.354. The molecule has 0 aliphatic rings. The van der Waals surface area contributed by atoms with Crippen molar-refractivity contribution in [2.45, 2.75) is 6.92 Å². The van der Waals surface area contributed by atoms with E-state index in [1.54, 1.807) is 6.92 Å². The van der Waals surface area contributed by atoms with E-state index in [4.69, 9.17) is 10.2 Å². The highest BCUT2D eigenvalue weighted by Crippen LogP contribution is 2.07. The molecule has 0 aliphatic carbocycles. The van der Waals surface area contributed by atoms with Crippen molar-refractivity contribution in [1.82, 2.24) is 0 Å². The van der Waals surface area contributed by atoms with Crippen LogP contribution >= 0.6 is 0 Å². The number of carbonyl (C=O) groups is 1. The molecule has 2 N–H and O–H groups in total. The van der Waals surface area contributed by atoms with Gasteiger partial charge in [0.25, 0.3) is 5.83 Å². The summed E-state index contributed by atoms with van der Waals surface area (Å²) in [7, 11) is 0. The van der Waals surface area contributed by atoms with Crippen LogP contribution < -0.4 is 0 Å². The summed E-state index contributed by atoms with van der Waals surface area (Å²) in [5, 5.41) is 15.0. The molecule has 0 atom stereocenters. The Morgan fingerprint density at radius 2 is 1.64 bits per heavy atom. The normalized spacial score (nSPS) is 7.73. The fourth-order valence-corrected chi connectivity index (χ4v) is 0.0808. The molecule has 0 saturated carbocycles. The van der Waals surface area contributed by atoms with Gasteiger partial charge in [-0.3, -0.25) is 0 Å². The van der Waals surface area contributed by atoms with Crippen LogP contribution in [0, 0.1) is 0 Å². The zero-order valence-corrected chi connectivity index (χ0v) is 5.64. The number of aliphatic hydroxyl groups is 1. The first kappa shape index (κ1) is 12.6. The fourth-order valence-electron chi connectivity index (χ4n) is 0.0808. The highest BCUT2D eigenvalue weighted by atomic mass is 19.3. The molecule has 0 aromatic rings. The monoisotopic (exact) mass is 172 g/mol. The molecule has 0 aromatic carbocycles. The summed E-state index contributed by atoms with van der Waals surface area (Å²) >= 11 is 0. The fraction of sp³-hybridized carbons (Fsp3) is 0.400. The van der Waals surface area contributed by atoms with Crippen LogP contribution in [-0.4, -0.2) is 22.8 Å². The third-order valence-electron chi connectivity index (χ3n) is 0.354. The second-order valence-corrected chi connectivity index (χ2v) is 1.20. The minimum absolute atomic E-state index is 0.250. The van der Waals surface area contributed by atoms with E-state index in [9.17, 15) is 18.0 Å². The van der Waals surface area contributed by atoms with Gasteiger partial charge in [0.05, 0.1) is 0 Å². The van der Waals surface area contributed by atoms with E-state index in [0.29, 0.717) is 0 Å². The lowest BCUT2D eigenvalue weighted by Crippen LogP contribution is -1.94. The van der Waals surface area contributed by atoms with Crippen molar-refractivity contribution in [2.75, 3.05) is 6.61 Å². The maximum Gasteiger partial charge on any atom is 0.370 e. The van der Waals surface area contributed by atoms with E-state index in [-0.39, 0.29) is 6.61 Å². The van der Waals surface area contributed by atoms with Crippen molar-refractivity contribution in [3.8, 4) is 0 Å². The second kappa shape index (κ2) is 7.07. The molecule has 0 aliphatic heterocycles.